The molecule has 0 radical (unpaired) electrons. The van der Waals surface area contributed by atoms with Crippen LogP contribution in [0.1, 0.15) is 16.7 Å². The fraction of sp³-hybridized carbons (Fsp3) is 0.294. The van der Waals surface area contributed by atoms with Crippen molar-refractivity contribution >= 4 is 15.9 Å². The van der Waals surface area contributed by atoms with E-state index >= 15 is 0 Å². The minimum absolute atomic E-state index is 0.0283. The van der Waals surface area contributed by atoms with Gasteiger partial charge in [0.05, 0.1) is 0 Å². The van der Waals surface area contributed by atoms with E-state index < -0.39 is 0 Å². The first-order valence-electron chi connectivity index (χ1n) is 6.69. The Bertz CT molecular complexity index is 583. The van der Waals surface area contributed by atoms with Crippen molar-refractivity contribution in [1.29, 1.82) is 0 Å². The van der Waals surface area contributed by atoms with Gasteiger partial charge in [-0.05, 0) is 55.0 Å². The number of rotatable bonds is 5. The lowest BCUT2D eigenvalue weighted by molar-refractivity contribution is 0.224. The highest BCUT2D eigenvalue weighted by atomic mass is 79.9. The summed E-state index contributed by atoms with van der Waals surface area (Å²) in [5.74, 6) is -0.184. The summed E-state index contributed by atoms with van der Waals surface area (Å²) in [5, 5.41) is 9.54. The maximum atomic E-state index is 13.8. The fourth-order valence-corrected chi connectivity index (χ4v) is 2.79. The van der Waals surface area contributed by atoms with E-state index in [9.17, 15) is 9.50 Å². The van der Waals surface area contributed by atoms with Gasteiger partial charge in [0.1, 0.15) is 5.82 Å². The first-order valence-corrected chi connectivity index (χ1v) is 7.48. The number of halogens is 2. The summed E-state index contributed by atoms with van der Waals surface area (Å²) < 4.78 is 14.6. The highest BCUT2D eigenvalue weighted by Gasteiger charge is 2.13. The zero-order chi connectivity index (χ0) is 14.5. The molecule has 1 unspecified atom stereocenters. The predicted molar refractivity (Wildman–Crippen MR) is 83.3 cm³/mol. The van der Waals surface area contributed by atoms with Gasteiger partial charge >= 0.3 is 0 Å². The molecule has 0 heterocycles. The van der Waals surface area contributed by atoms with Gasteiger partial charge in [0.2, 0.25) is 0 Å². The van der Waals surface area contributed by atoms with E-state index in [-0.39, 0.29) is 18.3 Å². The molecule has 0 saturated heterocycles. The van der Waals surface area contributed by atoms with Crippen molar-refractivity contribution in [2.75, 3.05) is 6.61 Å². The predicted octanol–water partition coefficient (Wildman–Crippen LogP) is 4.29. The molecule has 2 rings (SSSR count). The van der Waals surface area contributed by atoms with Crippen LogP contribution in [0.5, 0.6) is 0 Å². The summed E-state index contributed by atoms with van der Waals surface area (Å²) in [6.07, 6.45) is 1.29. The molecule has 3 heteroatoms. The van der Waals surface area contributed by atoms with Crippen molar-refractivity contribution in [3.8, 4) is 0 Å². The molecule has 1 N–H and O–H groups in total. The topological polar surface area (TPSA) is 20.2 Å². The summed E-state index contributed by atoms with van der Waals surface area (Å²) >= 11 is 3.36. The summed E-state index contributed by atoms with van der Waals surface area (Å²) in [7, 11) is 0. The van der Waals surface area contributed by atoms with Crippen LogP contribution in [0, 0.1) is 18.7 Å². The van der Waals surface area contributed by atoms with Crippen molar-refractivity contribution < 1.29 is 9.50 Å². The number of aryl methyl sites for hydroxylation is 1. The van der Waals surface area contributed by atoms with E-state index in [1.807, 2.05) is 25.1 Å². The zero-order valence-corrected chi connectivity index (χ0v) is 13.0. The third-order valence-electron chi connectivity index (χ3n) is 3.38. The summed E-state index contributed by atoms with van der Waals surface area (Å²) in [6.45, 7) is 2.10. The average molecular weight is 337 g/mol. The lowest BCUT2D eigenvalue weighted by atomic mass is 9.92. The van der Waals surface area contributed by atoms with Crippen LogP contribution in [0.4, 0.5) is 4.39 Å². The first-order chi connectivity index (χ1) is 9.58. The van der Waals surface area contributed by atoms with Gasteiger partial charge in [0.15, 0.2) is 0 Å². The highest BCUT2D eigenvalue weighted by Crippen LogP contribution is 2.21. The van der Waals surface area contributed by atoms with E-state index in [2.05, 4.69) is 22.0 Å². The van der Waals surface area contributed by atoms with Crippen LogP contribution in [-0.2, 0) is 12.8 Å². The SMILES string of the molecule is Cc1cccc(CC(CO)Cc2cc(Br)ccc2F)c1. The second kappa shape index (κ2) is 7.00. The van der Waals surface area contributed by atoms with Crippen LogP contribution in [-0.4, -0.2) is 11.7 Å². The Hall–Kier alpha value is -1.19. The molecule has 0 aliphatic heterocycles. The van der Waals surface area contributed by atoms with Gasteiger partial charge in [-0.2, -0.15) is 0 Å². The van der Waals surface area contributed by atoms with Gasteiger partial charge in [0, 0.05) is 11.1 Å². The average Bonchev–Trinajstić information content (AvgIpc) is 2.42. The Morgan fingerprint density at radius 3 is 2.65 bits per heavy atom. The van der Waals surface area contributed by atoms with Crippen molar-refractivity contribution in [2.24, 2.45) is 5.92 Å². The van der Waals surface area contributed by atoms with Crippen LogP contribution >= 0.6 is 15.9 Å². The Morgan fingerprint density at radius 1 is 1.15 bits per heavy atom. The fourth-order valence-electron chi connectivity index (χ4n) is 2.38. The monoisotopic (exact) mass is 336 g/mol. The van der Waals surface area contributed by atoms with E-state index in [4.69, 9.17) is 0 Å². The summed E-state index contributed by atoms with van der Waals surface area (Å²) in [5.41, 5.74) is 3.03. The quantitative estimate of drug-likeness (QED) is 0.863. The van der Waals surface area contributed by atoms with Gasteiger partial charge in [0.25, 0.3) is 0 Å². The Labute approximate surface area is 127 Å². The molecule has 0 aromatic heterocycles. The maximum Gasteiger partial charge on any atom is 0.126 e. The van der Waals surface area contributed by atoms with Gasteiger partial charge in [-0.25, -0.2) is 4.39 Å². The van der Waals surface area contributed by atoms with Crippen LogP contribution < -0.4 is 0 Å². The normalized spacial score (nSPS) is 12.4. The largest absolute Gasteiger partial charge is 0.396 e. The number of aliphatic hydroxyl groups is 1. The minimum Gasteiger partial charge on any atom is -0.396 e. The molecular weight excluding hydrogens is 319 g/mol. The van der Waals surface area contributed by atoms with Crippen LogP contribution in [0.25, 0.3) is 0 Å². The standard InChI is InChI=1S/C17H18BrFO/c1-12-3-2-4-13(7-12)8-14(11-20)9-15-10-16(18)5-6-17(15)19/h2-7,10,14,20H,8-9,11H2,1H3. The molecule has 106 valence electrons. The molecule has 2 aromatic rings. The van der Waals surface area contributed by atoms with E-state index in [0.29, 0.717) is 12.0 Å². The van der Waals surface area contributed by atoms with Gasteiger partial charge in [-0.1, -0.05) is 45.8 Å². The number of hydrogen-bond acceptors (Lipinski definition) is 1. The number of aliphatic hydroxyl groups excluding tert-OH is 1. The molecule has 2 aromatic carbocycles. The molecule has 0 fully saturated rings. The number of hydrogen-bond donors (Lipinski definition) is 1. The lowest BCUT2D eigenvalue weighted by Crippen LogP contribution is -2.14. The highest BCUT2D eigenvalue weighted by molar-refractivity contribution is 9.10. The Kier molecular flexibility index (Phi) is 5.32. The smallest absolute Gasteiger partial charge is 0.126 e. The number of benzene rings is 2. The molecule has 0 amide bonds. The second-order valence-corrected chi connectivity index (χ2v) is 6.10. The van der Waals surface area contributed by atoms with Gasteiger partial charge in [-0.15, -0.1) is 0 Å². The van der Waals surface area contributed by atoms with Crippen LogP contribution in [0.3, 0.4) is 0 Å². The summed E-state index contributed by atoms with van der Waals surface area (Å²) in [6, 6.07) is 13.2. The van der Waals surface area contributed by atoms with Crippen molar-refractivity contribution in [3.63, 3.8) is 0 Å². The molecule has 1 atom stereocenters. The minimum atomic E-state index is -0.212. The molecule has 0 spiro atoms. The molecule has 0 bridgehead atoms. The lowest BCUT2D eigenvalue weighted by Gasteiger charge is -2.15. The molecule has 0 saturated carbocycles. The first kappa shape index (κ1) is 15.2. The Morgan fingerprint density at radius 2 is 1.95 bits per heavy atom. The van der Waals surface area contributed by atoms with E-state index in [1.165, 1.54) is 17.2 Å². The van der Waals surface area contributed by atoms with Crippen molar-refractivity contribution in [1.82, 2.24) is 0 Å². The Balaban J connectivity index is 2.11. The third kappa shape index (κ3) is 4.15. The van der Waals surface area contributed by atoms with Gasteiger partial charge < -0.3 is 5.11 Å². The van der Waals surface area contributed by atoms with Gasteiger partial charge in [-0.3, -0.25) is 0 Å². The maximum absolute atomic E-state index is 13.8. The molecule has 0 aliphatic carbocycles. The third-order valence-corrected chi connectivity index (χ3v) is 3.87. The van der Waals surface area contributed by atoms with Crippen LogP contribution in [0.2, 0.25) is 0 Å². The van der Waals surface area contributed by atoms with E-state index in [1.54, 1.807) is 12.1 Å². The van der Waals surface area contributed by atoms with E-state index in [0.717, 1.165) is 10.9 Å². The molecule has 0 aliphatic rings. The van der Waals surface area contributed by atoms with Crippen molar-refractivity contribution in [3.05, 3.63) is 69.4 Å². The molecule has 1 nitrogen and oxygen atoms in total. The molecule has 20 heavy (non-hydrogen) atoms. The summed E-state index contributed by atoms with van der Waals surface area (Å²) in [4.78, 5) is 0. The van der Waals surface area contributed by atoms with Crippen molar-refractivity contribution in [2.45, 2.75) is 19.8 Å². The van der Waals surface area contributed by atoms with Crippen LogP contribution in [0.15, 0.2) is 46.9 Å². The second-order valence-electron chi connectivity index (χ2n) is 5.18. The molecular formula is C17H18BrFO. The zero-order valence-electron chi connectivity index (χ0n) is 11.4.